The largest absolute Gasteiger partial charge is 0.467 e. The first-order valence-electron chi connectivity index (χ1n) is 5.85. The van der Waals surface area contributed by atoms with Gasteiger partial charge in [-0.05, 0) is 19.1 Å². The summed E-state index contributed by atoms with van der Waals surface area (Å²) >= 11 is 5.86. The molecule has 2 amide bonds. The van der Waals surface area contributed by atoms with Crippen molar-refractivity contribution >= 4 is 29.4 Å². The van der Waals surface area contributed by atoms with Crippen LogP contribution in [0.4, 0.5) is 0 Å². The Balaban J connectivity index is 2.47. The van der Waals surface area contributed by atoms with Crippen molar-refractivity contribution in [3.8, 4) is 0 Å². The maximum absolute atomic E-state index is 11.8. The molecular weight excluding hydrogens is 284 g/mol. The minimum Gasteiger partial charge on any atom is -0.467 e. The molecule has 7 heteroatoms. The molecule has 0 bridgehead atoms. The van der Waals surface area contributed by atoms with Gasteiger partial charge in [-0.1, -0.05) is 23.7 Å². The lowest BCUT2D eigenvalue weighted by molar-refractivity contribution is -0.144. The summed E-state index contributed by atoms with van der Waals surface area (Å²) in [6.07, 6.45) is 0. The Morgan fingerprint density at radius 3 is 2.55 bits per heavy atom. The smallest absolute Gasteiger partial charge is 0.328 e. The van der Waals surface area contributed by atoms with Gasteiger partial charge < -0.3 is 15.4 Å². The number of hydrogen-bond acceptors (Lipinski definition) is 4. The zero-order chi connectivity index (χ0) is 15.1. The van der Waals surface area contributed by atoms with Crippen LogP contribution in [0.25, 0.3) is 0 Å². The number of esters is 1. The Hall–Kier alpha value is -2.08. The predicted octanol–water partition coefficient (Wildman–Crippen LogP) is 0.748. The normalized spacial score (nSPS) is 11.3. The van der Waals surface area contributed by atoms with E-state index in [2.05, 4.69) is 15.4 Å². The van der Waals surface area contributed by atoms with Crippen molar-refractivity contribution in [2.45, 2.75) is 13.0 Å². The Labute approximate surface area is 121 Å². The van der Waals surface area contributed by atoms with E-state index in [-0.39, 0.29) is 12.1 Å². The number of amides is 2. The standard InChI is InChI=1S/C13H15ClN2O4/c1-8(13(19)20-2)16-11(17)7-15-12(18)9-5-3-4-6-10(9)14/h3-6,8H,7H2,1-2H3,(H,15,18)(H,16,17). The van der Waals surface area contributed by atoms with Crippen LogP contribution in [0.1, 0.15) is 17.3 Å². The van der Waals surface area contributed by atoms with Gasteiger partial charge in [-0.3, -0.25) is 9.59 Å². The quantitative estimate of drug-likeness (QED) is 0.786. The zero-order valence-electron chi connectivity index (χ0n) is 11.1. The van der Waals surface area contributed by atoms with Gasteiger partial charge in [-0.15, -0.1) is 0 Å². The lowest BCUT2D eigenvalue weighted by Gasteiger charge is -2.12. The number of carbonyl (C=O) groups is 3. The number of methoxy groups -OCH3 is 1. The molecule has 1 atom stereocenters. The summed E-state index contributed by atoms with van der Waals surface area (Å²) in [6, 6.07) is 5.72. The van der Waals surface area contributed by atoms with Gasteiger partial charge in [0.1, 0.15) is 6.04 Å². The molecule has 0 aliphatic rings. The van der Waals surface area contributed by atoms with Gasteiger partial charge in [0.05, 0.1) is 24.2 Å². The molecule has 0 spiro atoms. The molecule has 0 aliphatic carbocycles. The molecule has 1 unspecified atom stereocenters. The lowest BCUT2D eigenvalue weighted by Crippen LogP contribution is -2.44. The SMILES string of the molecule is COC(=O)C(C)NC(=O)CNC(=O)c1ccccc1Cl. The molecule has 0 heterocycles. The van der Waals surface area contributed by atoms with Crippen LogP contribution in [0.15, 0.2) is 24.3 Å². The van der Waals surface area contributed by atoms with E-state index in [9.17, 15) is 14.4 Å². The number of ether oxygens (including phenoxy) is 1. The minimum absolute atomic E-state index is 0.259. The second-order valence-electron chi connectivity index (χ2n) is 3.97. The van der Waals surface area contributed by atoms with Gasteiger partial charge in [0.15, 0.2) is 0 Å². The van der Waals surface area contributed by atoms with Crippen LogP contribution in [0.5, 0.6) is 0 Å². The third-order valence-electron chi connectivity index (χ3n) is 2.46. The van der Waals surface area contributed by atoms with E-state index < -0.39 is 23.8 Å². The number of halogens is 1. The van der Waals surface area contributed by atoms with Gasteiger partial charge in [0.25, 0.3) is 5.91 Å². The zero-order valence-corrected chi connectivity index (χ0v) is 11.9. The lowest BCUT2D eigenvalue weighted by atomic mass is 10.2. The van der Waals surface area contributed by atoms with E-state index in [0.717, 1.165) is 0 Å². The number of benzene rings is 1. The van der Waals surface area contributed by atoms with Gasteiger partial charge in [-0.2, -0.15) is 0 Å². The first kappa shape index (κ1) is 16.0. The van der Waals surface area contributed by atoms with Gasteiger partial charge in [0, 0.05) is 0 Å². The Morgan fingerprint density at radius 2 is 1.95 bits per heavy atom. The average molecular weight is 299 g/mol. The van der Waals surface area contributed by atoms with E-state index in [1.165, 1.54) is 14.0 Å². The molecule has 1 aromatic rings. The Morgan fingerprint density at radius 1 is 1.30 bits per heavy atom. The molecule has 0 saturated carbocycles. The summed E-state index contributed by atoms with van der Waals surface area (Å²) in [5, 5.41) is 5.10. The Bertz CT molecular complexity index is 519. The molecule has 20 heavy (non-hydrogen) atoms. The summed E-state index contributed by atoms with van der Waals surface area (Å²) in [7, 11) is 1.23. The van der Waals surface area contributed by atoms with Crippen molar-refractivity contribution in [3.63, 3.8) is 0 Å². The molecule has 1 aromatic carbocycles. The molecule has 108 valence electrons. The average Bonchev–Trinajstić information content (AvgIpc) is 2.44. The summed E-state index contributed by atoms with van der Waals surface area (Å²) in [4.78, 5) is 34.4. The molecular formula is C13H15ClN2O4. The molecule has 2 N–H and O–H groups in total. The van der Waals surface area contributed by atoms with Crippen LogP contribution in [0.3, 0.4) is 0 Å². The first-order valence-corrected chi connectivity index (χ1v) is 6.23. The molecule has 1 rings (SSSR count). The van der Waals surface area contributed by atoms with Crippen LogP contribution < -0.4 is 10.6 Å². The summed E-state index contributed by atoms with van der Waals surface area (Å²) in [5.74, 6) is -1.52. The van der Waals surface area contributed by atoms with Crippen LogP contribution in [0, 0.1) is 0 Å². The first-order chi connectivity index (χ1) is 9.45. The number of hydrogen-bond donors (Lipinski definition) is 2. The van der Waals surface area contributed by atoms with Gasteiger partial charge in [-0.25, -0.2) is 4.79 Å². The maximum atomic E-state index is 11.8. The molecule has 0 aromatic heterocycles. The highest BCUT2D eigenvalue weighted by Gasteiger charge is 2.16. The van der Waals surface area contributed by atoms with E-state index in [1.54, 1.807) is 24.3 Å². The van der Waals surface area contributed by atoms with Gasteiger partial charge >= 0.3 is 5.97 Å². The van der Waals surface area contributed by atoms with Crippen LogP contribution in [-0.4, -0.2) is 37.5 Å². The molecule has 6 nitrogen and oxygen atoms in total. The third-order valence-corrected chi connectivity index (χ3v) is 2.79. The molecule has 0 aliphatic heterocycles. The van der Waals surface area contributed by atoms with Crippen molar-refractivity contribution < 1.29 is 19.1 Å². The van der Waals surface area contributed by atoms with E-state index in [1.807, 2.05) is 0 Å². The molecule has 0 radical (unpaired) electrons. The minimum atomic E-state index is -0.773. The van der Waals surface area contributed by atoms with Crippen molar-refractivity contribution in [1.82, 2.24) is 10.6 Å². The van der Waals surface area contributed by atoms with Crippen LogP contribution >= 0.6 is 11.6 Å². The summed E-state index contributed by atoms with van der Waals surface area (Å²) in [5.41, 5.74) is 0.281. The van der Waals surface area contributed by atoms with Crippen LogP contribution in [0.2, 0.25) is 5.02 Å². The molecule has 0 saturated heterocycles. The second kappa shape index (κ2) is 7.49. The van der Waals surface area contributed by atoms with E-state index in [0.29, 0.717) is 5.02 Å². The Kier molecular flexibility index (Phi) is 5.99. The topological polar surface area (TPSA) is 84.5 Å². The maximum Gasteiger partial charge on any atom is 0.328 e. The fourth-order valence-corrected chi connectivity index (χ4v) is 1.65. The highest BCUT2D eigenvalue weighted by molar-refractivity contribution is 6.33. The van der Waals surface area contributed by atoms with E-state index in [4.69, 9.17) is 11.6 Å². The van der Waals surface area contributed by atoms with Gasteiger partial charge in [0.2, 0.25) is 5.91 Å². The highest BCUT2D eigenvalue weighted by atomic mass is 35.5. The number of rotatable bonds is 5. The number of carbonyl (C=O) groups excluding carboxylic acids is 3. The second-order valence-corrected chi connectivity index (χ2v) is 4.38. The monoisotopic (exact) mass is 298 g/mol. The van der Waals surface area contributed by atoms with Crippen molar-refractivity contribution in [3.05, 3.63) is 34.9 Å². The molecule has 0 fully saturated rings. The van der Waals surface area contributed by atoms with Crippen molar-refractivity contribution in [1.29, 1.82) is 0 Å². The number of nitrogens with one attached hydrogen (secondary N) is 2. The fourth-order valence-electron chi connectivity index (χ4n) is 1.43. The van der Waals surface area contributed by atoms with Crippen molar-refractivity contribution in [2.75, 3.05) is 13.7 Å². The summed E-state index contributed by atoms with van der Waals surface area (Å²) in [6.45, 7) is 1.23. The van der Waals surface area contributed by atoms with Crippen molar-refractivity contribution in [2.24, 2.45) is 0 Å². The third kappa shape index (κ3) is 4.55. The highest BCUT2D eigenvalue weighted by Crippen LogP contribution is 2.14. The summed E-state index contributed by atoms with van der Waals surface area (Å²) < 4.78 is 4.47. The fraction of sp³-hybridized carbons (Fsp3) is 0.308. The van der Waals surface area contributed by atoms with Crippen LogP contribution in [-0.2, 0) is 14.3 Å². The predicted molar refractivity (Wildman–Crippen MR) is 73.4 cm³/mol. The van der Waals surface area contributed by atoms with E-state index >= 15 is 0 Å².